The van der Waals surface area contributed by atoms with Crippen LogP contribution in [0.5, 0.6) is 5.75 Å². The molecule has 1 heterocycles. The molecule has 3 aromatic rings. The van der Waals surface area contributed by atoms with E-state index < -0.39 is 5.97 Å². The van der Waals surface area contributed by atoms with Crippen molar-refractivity contribution < 1.29 is 23.8 Å². The van der Waals surface area contributed by atoms with E-state index in [0.29, 0.717) is 37.1 Å². The van der Waals surface area contributed by atoms with Crippen LogP contribution in [0.25, 0.3) is 11.3 Å². The van der Waals surface area contributed by atoms with Crippen LogP contribution in [-0.4, -0.2) is 35.5 Å². The molecular weight excluding hydrogens is 406 g/mol. The maximum absolute atomic E-state index is 12.9. The Morgan fingerprint density at radius 1 is 1.06 bits per heavy atom. The highest BCUT2D eigenvalue weighted by atomic mass is 16.5. The first-order valence-electron chi connectivity index (χ1n) is 10.5. The molecule has 0 fully saturated rings. The minimum absolute atomic E-state index is 0.0833. The molecule has 0 aliphatic heterocycles. The Hall–Kier alpha value is -3.80. The largest absolute Gasteiger partial charge is 0.493 e. The van der Waals surface area contributed by atoms with Gasteiger partial charge in [0.2, 0.25) is 0 Å². The van der Waals surface area contributed by atoms with E-state index in [1.165, 1.54) is 0 Å². The van der Waals surface area contributed by atoms with Gasteiger partial charge in [0.15, 0.2) is 0 Å². The van der Waals surface area contributed by atoms with Gasteiger partial charge in [-0.2, -0.15) is 0 Å². The highest BCUT2D eigenvalue weighted by Gasteiger charge is 2.14. The summed E-state index contributed by atoms with van der Waals surface area (Å²) in [7, 11) is 1.76. The third-order valence-corrected chi connectivity index (χ3v) is 5.06. The van der Waals surface area contributed by atoms with Gasteiger partial charge in [-0.3, -0.25) is 4.79 Å². The molecular formula is C26H27NO5. The Kier molecular flexibility index (Phi) is 7.86. The number of rotatable bonds is 10. The number of benzene rings is 2. The van der Waals surface area contributed by atoms with Crippen LogP contribution in [0.15, 0.2) is 83.0 Å². The van der Waals surface area contributed by atoms with E-state index in [0.717, 1.165) is 22.6 Å². The van der Waals surface area contributed by atoms with E-state index >= 15 is 0 Å². The fourth-order valence-corrected chi connectivity index (χ4v) is 3.21. The molecule has 166 valence electrons. The Morgan fingerprint density at radius 2 is 1.81 bits per heavy atom. The number of hydrogen-bond acceptors (Lipinski definition) is 4. The number of furan rings is 1. The van der Waals surface area contributed by atoms with E-state index in [4.69, 9.17) is 14.3 Å². The van der Waals surface area contributed by atoms with Gasteiger partial charge in [0, 0.05) is 35.9 Å². The molecule has 1 aromatic heterocycles. The fourth-order valence-electron chi connectivity index (χ4n) is 3.21. The van der Waals surface area contributed by atoms with Gasteiger partial charge in [0.1, 0.15) is 11.5 Å². The van der Waals surface area contributed by atoms with Crippen molar-refractivity contribution in [3.8, 4) is 17.1 Å². The van der Waals surface area contributed by atoms with Crippen molar-refractivity contribution >= 4 is 11.9 Å². The summed E-state index contributed by atoms with van der Waals surface area (Å²) in [5, 5.41) is 8.88. The van der Waals surface area contributed by atoms with Crippen LogP contribution in [0.2, 0.25) is 0 Å². The molecule has 1 N–H and O–H groups in total. The molecule has 1 amide bonds. The summed E-state index contributed by atoms with van der Waals surface area (Å²) in [6.07, 6.45) is 4.65. The normalized spacial score (nSPS) is 11.2. The van der Waals surface area contributed by atoms with Gasteiger partial charge < -0.3 is 19.2 Å². The summed E-state index contributed by atoms with van der Waals surface area (Å²) in [4.78, 5) is 25.4. The second kappa shape index (κ2) is 11.0. The molecule has 0 saturated carbocycles. The van der Waals surface area contributed by atoms with Gasteiger partial charge in [-0.25, -0.2) is 4.79 Å². The summed E-state index contributed by atoms with van der Waals surface area (Å²) >= 11 is 0. The third kappa shape index (κ3) is 6.11. The molecule has 0 unspecified atom stereocenters. The highest BCUT2D eigenvalue weighted by molar-refractivity contribution is 5.94. The van der Waals surface area contributed by atoms with E-state index in [2.05, 4.69) is 0 Å². The summed E-state index contributed by atoms with van der Waals surface area (Å²) in [5.74, 6) is 0.496. The smallest absolute Gasteiger partial charge is 0.330 e. The number of allylic oxidation sites excluding steroid dienone is 1. The Morgan fingerprint density at radius 3 is 2.50 bits per heavy atom. The summed E-state index contributed by atoms with van der Waals surface area (Å²) in [6.45, 7) is 2.45. The average Bonchev–Trinajstić information content (AvgIpc) is 3.34. The summed E-state index contributed by atoms with van der Waals surface area (Å²) in [6, 6.07) is 18.7. The Balaban J connectivity index is 1.57. The van der Waals surface area contributed by atoms with Gasteiger partial charge >= 0.3 is 5.97 Å². The number of para-hydroxylation sites is 1. The van der Waals surface area contributed by atoms with Crippen molar-refractivity contribution in [2.24, 2.45) is 0 Å². The van der Waals surface area contributed by atoms with Crippen LogP contribution >= 0.6 is 0 Å². The molecule has 2 aromatic carbocycles. The Labute approximate surface area is 187 Å². The van der Waals surface area contributed by atoms with Crippen molar-refractivity contribution in [3.63, 3.8) is 0 Å². The van der Waals surface area contributed by atoms with Crippen molar-refractivity contribution in [2.45, 2.75) is 26.3 Å². The zero-order valence-electron chi connectivity index (χ0n) is 18.3. The molecule has 3 rings (SSSR count). The number of carbonyl (C=O) groups excluding carboxylic acids is 1. The fraction of sp³-hybridized carbons (Fsp3) is 0.231. The zero-order chi connectivity index (χ0) is 22.9. The van der Waals surface area contributed by atoms with Gasteiger partial charge in [0.25, 0.3) is 5.91 Å². The number of carbonyl (C=O) groups is 2. The lowest BCUT2D eigenvalue weighted by Crippen LogP contribution is -2.26. The van der Waals surface area contributed by atoms with Crippen LogP contribution < -0.4 is 4.74 Å². The minimum Gasteiger partial charge on any atom is -0.493 e. The van der Waals surface area contributed by atoms with Gasteiger partial charge in [-0.05, 0) is 50.1 Å². The number of carboxylic acids is 1. The van der Waals surface area contributed by atoms with Crippen molar-refractivity contribution in [2.75, 3.05) is 13.7 Å². The number of unbranched alkanes of at least 4 members (excludes halogenated alkanes) is 1. The van der Waals surface area contributed by atoms with Crippen molar-refractivity contribution in [1.82, 2.24) is 4.90 Å². The molecule has 0 saturated heterocycles. The zero-order valence-corrected chi connectivity index (χ0v) is 18.3. The van der Waals surface area contributed by atoms with Crippen molar-refractivity contribution in [1.29, 1.82) is 0 Å². The molecule has 0 spiro atoms. The van der Waals surface area contributed by atoms with Crippen molar-refractivity contribution in [3.05, 3.63) is 89.7 Å². The second-order valence-electron chi connectivity index (χ2n) is 7.51. The number of aliphatic carboxylic acids is 1. The maximum Gasteiger partial charge on any atom is 0.330 e. The predicted octanol–water partition coefficient (Wildman–Crippen LogP) is 5.41. The first-order valence-corrected chi connectivity index (χ1v) is 10.5. The van der Waals surface area contributed by atoms with E-state index in [9.17, 15) is 9.59 Å². The number of carboxylic acid groups (broad SMARTS) is 1. The standard InChI is InChI=1S/C26H27NO5/c1-19(26(29)30)8-5-6-16-31-24-10-4-3-9-22(24)18-27(2)25(28)21-14-12-20(13-15-21)23-11-7-17-32-23/h3-4,7-15,17H,5-6,16,18H2,1-2H3,(H,29,30)/b19-8+. The van der Waals surface area contributed by atoms with Crippen LogP contribution in [0, 0.1) is 0 Å². The quantitative estimate of drug-likeness (QED) is 0.342. The first-order chi connectivity index (χ1) is 15.5. The van der Waals surface area contributed by atoms with Crippen LogP contribution in [0.4, 0.5) is 0 Å². The molecule has 0 bridgehead atoms. The van der Waals surface area contributed by atoms with Crippen LogP contribution in [-0.2, 0) is 11.3 Å². The molecule has 6 nitrogen and oxygen atoms in total. The molecule has 32 heavy (non-hydrogen) atoms. The number of ether oxygens (including phenoxy) is 1. The number of hydrogen-bond donors (Lipinski definition) is 1. The second-order valence-corrected chi connectivity index (χ2v) is 7.51. The maximum atomic E-state index is 12.9. The number of amides is 1. The number of nitrogens with zero attached hydrogens (tertiary/aromatic N) is 1. The summed E-state index contributed by atoms with van der Waals surface area (Å²) < 4.78 is 11.3. The monoisotopic (exact) mass is 433 g/mol. The topological polar surface area (TPSA) is 80.0 Å². The summed E-state index contributed by atoms with van der Waals surface area (Å²) in [5.41, 5.74) is 2.76. The molecule has 6 heteroatoms. The highest BCUT2D eigenvalue weighted by Crippen LogP contribution is 2.23. The Bertz CT molecular complexity index is 1070. The van der Waals surface area contributed by atoms with E-state index in [1.54, 1.807) is 43.3 Å². The van der Waals surface area contributed by atoms with Gasteiger partial charge in [0.05, 0.1) is 12.9 Å². The lowest BCUT2D eigenvalue weighted by atomic mass is 10.1. The van der Waals surface area contributed by atoms with E-state index in [1.807, 2.05) is 48.5 Å². The molecule has 0 aliphatic rings. The lowest BCUT2D eigenvalue weighted by molar-refractivity contribution is -0.132. The SMILES string of the molecule is C/C(=C\CCCOc1ccccc1CN(C)C(=O)c1ccc(-c2ccco2)cc1)C(=O)O. The van der Waals surface area contributed by atoms with Crippen LogP contribution in [0.1, 0.15) is 35.7 Å². The first kappa shape index (κ1) is 22.9. The minimum atomic E-state index is -0.903. The molecule has 0 radical (unpaired) electrons. The van der Waals surface area contributed by atoms with Gasteiger partial charge in [-0.1, -0.05) is 36.4 Å². The third-order valence-electron chi connectivity index (χ3n) is 5.06. The van der Waals surface area contributed by atoms with Crippen LogP contribution in [0.3, 0.4) is 0 Å². The van der Waals surface area contributed by atoms with Gasteiger partial charge in [-0.15, -0.1) is 0 Å². The predicted molar refractivity (Wildman–Crippen MR) is 123 cm³/mol. The lowest BCUT2D eigenvalue weighted by Gasteiger charge is -2.19. The molecule has 0 aliphatic carbocycles. The molecule has 0 atom stereocenters. The van der Waals surface area contributed by atoms with E-state index in [-0.39, 0.29) is 5.91 Å². The average molecular weight is 434 g/mol.